The Morgan fingerprint density at radius 3 is 2.63 bits per heavy atom. The summed E-state index contributed by atoms with van der Waals surface area (Å²) in [5.41, 5.74) is 2.62. The number of benzene rings is 1. The summed E-state index contributed by atoms with van der Waals surface area (Å²) in [5.74, 6) is 0.556. The highest BCUT2D eigenvalue weighted by atomic mass is 32.1. The average Bonchev–Trinajstić information content (AvgIpc) is 3.08. The minimum Gasteiger partial charge on any atom is -0.497 e. The van der Waals surface area contributed by atoms with Gasteiger partial charge in [-0.1, -0.05) is 18.2 Å². The highest BCUT2D eigenvalue weighted by molar-refractivity contribution is 7.11. The zero-order chi connectivity index (χ0) is 13.2. The summed E-state index contributed by atoms with van der Waals surface area (Å²) in [6.45, 7) is 0.332. The average molecular weight is 272 g/mol. The van der Waals surface area contributed by atoms with Crippen LogP contribution in [0.15, 0.2) is 41.8 Å². The van der Waals surface area contributed by atoms with Crippen molar-refractivity contribution in [2.24, 2.45) is 0 Å². The summed E-state index contributed by atoms with van der Waals surface area (Å²) in [6.07, 6.45) is 0. The van der Waals surface area contributed by atoms with E-state index in [4.69, 9.17) is 9.47 Å². The first-order valence-electron chi connectivity index (χ1n) is 5.88. The molecule has 0 atom stereocenters. The van der Waals surface area contributed by atoms with Crippen molar-refractivity contribution in [2.45, 2.75) is 0 Å². The molecule has 0 saturated carbocycles. The number of hydrogen-bond acceptors (Lipinski definition) is 4. The lowest BCUT2D eigenvalue weighted by molar-refractivity contribution is -0.133. The third kappa shape index (κ3) is 2.15. The summed E-state index contributed by atoms with van der Waals surface area (Å²) in [4.78, 5) is 12.8. The molecule has 2 heterocycles. The zero-order valence-corrected chi connectivity index (χ0v) is 11.2. The molecular formula is C15H12O3S. The Morgan fingerprint density at radius 2 is 2.00 bits per heavy atom. The molecule has 0 spiro atoms. The maximum absolute atomic E-state index is 11.9. The van der Waals surface area contributed by atoms with Gasteiger partial charge in [0.05, 0.1) is 12.7 Å². The van der Waals surface area contributed by atoms with E-state index in [0.29, 0.717) is 12.2 Å². The van der Waals surface area contributed by atoms with Crippen molar-refractivity contribution in [1.82, 2.24) is 0 Å². The number of carbonyl (C=O) groups is 1. The second-order valence-electron chi connectivity index (χ2n) is 4.14. The van der Waals surface area contributed by atoms with Crippen LogP contribution in [0.25, 0.3) is 11.1 Å². The summed E-state index contributed by atoms with van der Waals surface area (Å²) in [7, 11) is 1.63. The maximum Gasteiger partial charge on any atom is 0.340 e. The van der Waals surface area contributed by atoms with Crippen molar-refractivity contribution >= 4 is 28.5 Å². The Balaban J connectivity index is 2.07. The SMILES string of the molecule is COc1ccc(C2=C(c3cccs3)C(=O)OC2)cc1. The second kappa shape index (κ2) is 4.90. The molecule has 1 aliphatic rings. The number of esters is 1. The van der Waals surface area contributed by atoms with Gasteiger partial charge in [0, 0.05) is 10.5 Å². The van der Waals surface area contributed by atoms with Gasteiger partial charge in [0.15, 0.2) is 0 Å². The third-order valence-corrected chi connectivity index (χ3v) is 3.95. The van der Waals surface area contributed by atoms with Crippen LogP contribution in [0.3, 0.4) is 0 Å². The minimum atomic E-state index is -0.242. The molecule has 0 unspecified atom stereocenters. The molecule has 0 fully saturated rings. The molecule has 3 nitrogen and oxygen atoms in total. The lowest BCUT2D eigenvalue weighted by atomic mass is 10.0. The van der Waals surface area contributed by atoms with Gasteiger partial charge in [0.2, 0.25) is 0 Å². The molecule has 19 heavy (non-hydrogen) atoms. The molecule has 1 aromatic carbocycles. The molecule has 3 rings (SSSR count). The van der Waals surface area contributed by atoms with Crippen LogP contribution in [0.2, 0.25) is 0 Å². The Hall–Kier alpha value is -2.07. The lowest BCUT2D eigenvalue weighted by Gasteiger charge is -2.04. The predicted molar refractivity (Wildman–Crippen MR) is 75.1 cm³/mol. The first-order chi connectivity index (χ1) is 9.29. The number of methoxy groups -OCH3 is 1. The number of hydrogen-bond donors (Lipinski definition) is 0. The van der Waals surface area contributed by atoms with E-state index >= 15 is 0 Å². The quantitative estimate of drug-likeness (QED) is 0.805. The molecule has 0 saturated heterocycles. The van der Waals surface area contributed by atoms with Crippen LogP contribution in [0.1, 0.15) is 10.4 Å². The Morgan fingerprint density at radius 1 is 1.21 bits per heavy atom. The molecule has 4 heteroatoms. The standard InChI is InChI=1S/C15H12O3S/c1-17-11-6-4-10(5-7-11)12-9-18-15(16)14(12)13-3-2-8-19-13/h2-8H,9H2,1H3. The van der Waals surface area contributed by atoms with Gasteiger partial charge in [-0.2, -0.15) is 0 Å². The first kappa shape index (κ1) is 12.0. The molecule has 1 aliphatic heterocycles. The van der Waals surface area contributed by atoms with E-state index in [0.717, 1.165) is 21.8 Å². The molecular weight excluding hydrogens is 260 g/mol. The third-order valence-electron chi connectivity index (χ3n) is 3.06. The molecule has 0 bridgehead atoms. The molecule has 0 radical (unpaired) electrons. The number of cyclic esters (lactones) is 1. The predicted octanol–water partition coefficient (Wildman–Crippen LogP) is 3.22. The van der Waals surface area contributed by atoms with Gasteiger partial charge in [-0.15, -0.1) is 11.3 Å². The summed E-state index contributed by atoms with van der Waals surface area (Å²) in [5, 5.41) is 1.96. The van der Waals surface area contributed by atoms with Gasteiger partial charge in [-0.25, -0.2) is 4.79 Å². The topological polar surface area (TPSA) is 35.5 Å². The molecule has 0 N–H and O–H groups in total. The van der Waals surface area contributed by atoms with Crippen molar-refractivity contribution < 1.29 is 14.3 Å². The van der Waals surface area contributed by atoms with Gasteiger partial charge in [-0.05, 0) is 29.1 Å². The molecule has 1 aromatic heterocycles. The van der Waals surface area contributed by atoms with E-state index in [-0.39, 0.29) is 5.97 Å². The largest absolute Gasteiger partial charge is 0.497 e. The smallest absolute Gasteiger partial charge is 0.340 e. The van der Waals surface area contributed by atoms with Crippen molar-refractivity contribution in [1.29, 1.82) is 0 Å². The van der Waals surface area contributed by atoms with Gasteiger partial charge < -0.3 is 9.47 Å². The highest BCUT2D eigenvalue weighted by Gasteiger charge is 2.27. The zero-order valence-electron chi connectivity index (χ0n) is 10.4. The highest BCUT2D eigenvalue weighted by Crippen LogP contribution is 2.35. The number of carbonyl (C=O) groups excluding carboxylic acids is 1. The number of ether oxygens (including phenoxy) is 2. The fraction of sp³-hybridized carbons (Fsp3) is 0.133. The first-order valence-corrected chi connectivity index (χ1v) is 6.76. The Labute approximate surface area is 115 Å². The molecule has 0 amide bonds. The van der Waals surface area contributed by atoms with Crippen molar-refractivity contribution in [3.63, 3.8) is 0 Å². The summed E-state index contributed by atoms with van der Waals surface area (Å²) in [6, 6.07) is 11.5. The fourth-order valence-corrected chi connectivity index (χ4v) is 2.88. The van der Waals surface area contributed by atoms with Crippen LogP contribution in [0.5, 0.6) is 5.75 Å². The second-order valence-corrected chi connectivity index (χ2v) is 5.08. The van der Waals surface area contributed by atoms with Crippen LogP contribution >= 0.6 is 11.3 Å². The van der Waals surface area contributed by atoms with E-state index in [1.54, 1.807) is 18.4 Å². The minimum absolute atomic E-state index is 0.242. The van der Waals surface area contributed by atoms with E-state index in [2.05, 4.69) is 0 Å². The van der Waals surface area contributed by atoms with Crippen LogP contribution < -0.4 is 4.74 Å². The van der Waals surface area contributed by atoms with Gasteiger partial charge in [0.1, 0.15) is 12.4 Å². The fourth-order valence-electron chi connectivity index (χ4n) is 2.10. The normalized spacial score (nSPS) is 14.7. The summed E-state index contributed by atoms with van der Waals surface area (Å²) < 4.78 is 10.3. The van der Waals surface area contributed by atoms with E-state index in [1.165, 1.54) is 0 Å². The van der Waals surface area contributed by atoms with E-state index in [1.807, 2.05) is 41.8 Å². The van der Waals surface area contributed by atoms with Gasteiger partial charge in [0.25, 0.3) is 0 Å². The van der Waals surface area contributed by atoms with Crippen molar-refractivity contribution in [3.05, 3.63) is 52.2 Å². The Bertz CT molecular complexity index is 624. The molecule has 2 aromatic rings. The van der Waals surface area contributed by atoms with Crippen LogP contribution in [-0.2, 0) is 9.53 Å². The number of rotatable bonds is 3. The molecule has 96 valence electrons. The van der Waals surface area contributed by atoms with Crippen LogP contribution in [0, 0.1) is 0 Å². The van der Waals surface area contributed by atoms with E-state index < -0.39 is 0 Å². The van der Waals surface area contributed by atoms with Crippen LogP contribution in [0.4, 0.5) is 0 Å². The van der Waals surface area contributed by atoms with E-state index in [9.17, 15) is 4.79 Å². The lowest BCUT2D eigenvalue weighted by Crippen LogP contribution is -1.96. The summed E-state index contributed by atoms with van der Waals surface area (Å²) >= 11 is 1.55. The molecule has 0 aliphatic carbocycles. The van der Waals surface area contributed by atoms with Crippen LogP contribution in [-0.4, -0.2) is 19.7 Å². The van der Waals surface area contributed by atoms with Gasteiger partial charge in [-0.3, -0.25) is 0 Å². The van der Waals surface area contributed by atoms with Gasteiger partial charge >= 0.3 is 5.97 Å². The van der Waals surface area contributed by atoms with Crippen molar-refractivity contribution in [2.75, 3.05) is 13.7 Å². The number of thiophene rings is 1. The monoisotopic (exact) mass is 272 g/mol. The van der Waals surface area contributed by atoms with Crippen molar-refractivity contribution in [3.8, 4) is 5.75 Å². The maximum atomic E-state index is 11.9. The Kier molecular flexibility index (Phi) is 3.09.